The second-order valence-corrected chi connectivity index (χ2v) is 6.00. The molecule has 17 heavy (non-hydrogen) atoms. The fraction of sp³-hybridized carbons (Fsp3) is 0.923. The molecule has 1 atom stereocenters. The summed E-state index contributed by atoms with van der Waals surface area (Å²) >= 11 is 0. The molecular weight excluding hydrogens is 214 g/mol. The van der Waals surface area contributed by atoms with Gasteiger partial charge in [0.1, 0.15) is 0 Å². The highest BCUT2D eigenvalue weighted by Gasteiger charge is 2.37. The largest absolute Gasteiger partial charge is 0.305 e. The number of hydrogen-bond acceptors (Lipinski definition) is 3. The van der Waals surface area contributed by atoms with Crippen molar-refractivity contribution in [3.05, 3.63) is 0 Å². The Bertz CT molecular complexity index is 272. The van der Waals surface area contributed by atoms with Crippen molar-refractivity contribution in [3.63, 3.8) is 0 Å². The molecule has 1 amide bonds. The van der Waals surface area contributed by atoms with E-state index in [0.29, 0.717) is 0 Å². The lowest BCUT2D eigenvalue weighted by molar-refractivity contribution is -0.132. The summed E-state index contributed by atoms with van der Waals surface area (Å²) in [5, 5.41) is 5.44. The van der Waals surface area contributed by atoms with E-state index in [-0.39, 0.29) is 17.4 Å². The van der Waals surface area contributed by atoms with Gasteiger partial charge in [0.15, 0.2) is 0 Å². The van der Waals surface area contributed by atoms with Crippen molar-refractivity contribution in [2.75, 3.05) is 19.6 Å². The first-order chi connectivity index (χ1) is 8.09. The third-order valence-corrected chi connectivity index (χ3v) is 4.01. The summed E-state index contributed by atoms with van der Waals surface area (Å²) < 4.78 is 0. The standard InChI is InChI=1S/C13H25N3O/c1-13(2)7-6-8-14-11(13)12(17)15-16-9-4-3-5-10-16/h11,14H,3-10H2,1-2H3,(H,15,17). The van der Waals surface area contributed by atoms with Gasteiger partial charge in [0.25, 0.3) is 5.91 Å². The van der Waals surface area contributed by atoms with Gasteiger partial charge < -0.3 is 5.32 Å². The van der Waals surface area contributed by atoms with Crippen LogP contribution in [0.5, 0.6) is 0 Å². The summed E-state index contributed by atoms with van der Waals surface area (Å²) in [6.45, 7) is 7.32. The minimum atomic E-state index is -0.0434. The molecule has 1 unspecified atom stereocenters. The molecule has 2 fully saturated rings. The van der Waals surface area contributed by atoms with Gasteiger partial charge in [-0.05, 0) is 37.6 Å². The van der Waals surface area contributed by atoms with E-state index in [1.54, 1.807) is 0 Å². The molecule has 0 saturated carbocycles. The molecule has 0 aromatic carbocycles. The molecule has 0 aromatic heterocycles. The van der Waals surface area contributed by atoms with Crippen LogP contribution in [-0.4, -0.2) is 36.6 Å². The maximum absolute atomic E-state index is 12.3. The predicted octanol–water partition coefficient (Wildman–Crippen LogP) is 1.28. The Labute approximate surface area is 104 Å². The average Bonchev–Trinajstić information content (AvgIpc) is 2.29. The summed E-state index contributed by atoms with van der Waals surface area (Å²) in [5.74, 6) is 0.150. The van der Waals surface area contributed by atoms with Crippen LogP contribution in [0.3, 0.4) is 0 Å². The van der Waals surface area contributed by atoms with Gasteiger partial charge in [-0.1, -0.05) is 20.3 Å². The van der Waals surface area contributed by atoms with Crippen LogP contribution in [0.15, 0.2) is 0 Å². The van der Waals surface area contributed by atoms with Gasteiger partial charge in [-0.2, -0.15) is 0 Å². The second-order valence-electron chi connectivity index (χ2n) is 6.00. The first kappa shape index (κ1) is 12.8. The van der Waals surface area contributed by atoms with Crippen molar-refractivity contribution in [3.8, 4) is 0 Å². The van der Waals surface area contributed by atoms with Crippen LogP contribution in [0.25, 0.3) is 0 Å². The van der Waals surface area contributed by atoms with Gasteiger partial charge in [0.2, 0.25) is 0 Å². The molecule has 2 heterocycles. The van der Waals surface area contributed by atoms with E-state index >= 15 is 0 Å². The molecule has 2 aliphatic heterocycles. The van der Waals surface area contributed by atoms with Gasteiger partial charge >= 0.3 is 0 Å². The van der Waals surface area contributed by atoms with Crippen LogP contribution < -0.4 is 10.7 Å². The molecule has 0 aliphatic carbocycles. The van der Waals surface area contributed by atoms with E-state index in [9.17, 15) is 4.79 Å². The normalized spacial score (nSPS) is 29.9. The number of hydrogen-bond donors (Lipinski definition) is 2. The zero-order valence-corrected chi connectivity index (χ0v) is 11.1. The molecule has 4 heteroatoms. The van der Waals surface area contributed by atoms with Crippen LogP contribution in [0.2, 0.25) is 0 Å². The zero-order chi connectivity index (χ0) is 12.3. The van der Waals surface area contributed by atoms with Crippen LogP contribution in [-0.2, 0) is 4.79 Å². The number of carbonyl (C=O) groups is 1. The summed E-state index contributed by atoms with van der Waals surface area (Å²) in [7, 11) is 0. The molecule has 0 aromatic rings. The van der Waals surface area contributed by atoms with Crippen molar-refractivity contribution < 1.29 is 4.79 Å². The SMILES string of the molecule is CC1(C)CCCNC1C(=O)NN1CCCCC1. The van der Waals surface area contributed by atoms with Gasteiger partial charge in [-0.25, -0.2) is 5.01 Å². The Morgan fingerprint density at radius 1 is 1.24 bits per heavy atom. The van der Waals surface area contributed by atoms with Gasteiger partial charge in [0, 0.05) is 13.1 Å². The molecule has 0 spiro atoms. The third-order valence-electron chi connectivity index (χ3n) is 4.01. The van der Waals surface area contributed by atoms with E-state index in [2.05, 4.69) is 29.6 Å². The van der Waals surface area contributed by atoms with Crippen molar-refractivity contribution in [2.24, 2.45) is 5.41 Å². The molecule has 2 rings (SSSR count). The summed E-state index contributed by atoms with van der Waals surface area (Å²) in [4.78, 5) is 12.3. The van der Waals surface area contributed by atoms with E-state index in [1.165, 1.54) is 25.7 Å². The lowest BCUT2D eigenvalue weighted by atomic mass is 9.77. The van der Waals surface area contributed by atoms with E-state index in [0.717, 1.165) is 26.1 Å². The molecule has 4 nitrogen and oxygen atoms in total. The number of carbonyl (C=O) groups excluding carboxylic acids is 1. The van der Waals surface area contributed by atoms with E-state index < -0.39 is 0 Å². The molecule has 2 aliphatic rings. The Hall–Kier alpha value is -0.610. The summed E-state index contributed by atoms with van der Waals surface area (Å²) in [6, 6.07) is -0.0434. The van der Waals surface area contributed by atoms with Crippen molar-refractivity contribution in [1.82, 2.24) is 15.8 Å². The third kappa shape index (κ3) is 3.19. The monoisotopic (exact) mass is 239 g/mol. The van der Waals surface area contributed by atoms with Gasteiger partial charge in [-0.3, -0.25) is 10.2 Å². The molecular formula is C13H25N3O. The highest BCUT2D eigenvalue weighted by molar-refractivity contribution is 5.82. The predicted molar refractivity (Wildman–Crippen MR) is 68.4 cm³/mol. The number of hydrazine groups is 1. The van der Waals surface area contributed by atoms with E-state index in [1.807, 2.05) is 0 Å². The van der Waals surface area contributed by atoms with Crippen LogP contribution in [0.4, 0.5) is 0 Å². The number of amides is 1. The van der Waals surface area contributed by atoms with Crippen LogP contribution >= 0.6 is 0 Å². The maximum atomic E-state index is 12.3. The maximum Gasteiger partial charge on any atom is 0.251 e. The number of nitrogens with zero attached hydrogens (tertiary/aromatic N) is 1. The molecule has 2 N–H and O–H groups in total. The van der Waals surface area contributed by atoms with Crippen molar-refractivity contribution in [1.29, 1.82) is 0 Å². The van der Waals surface area contributed by atoms with Gasteiger partial charge in [0.05, 0.1) is 6.04 Å². The fourth-order valence-electron chi connectivity index (χ4n) is 2.88. The Balaban J connectivity index is 1.89. The van der Waals surface area contributed by atoms with Crippen molar-refractivity contribution in [2.45, 2.75) is 52.0 Å². The smallest absolute Gasteiger partial charge is 0.251 e. The first-order valence-corrected chi connectivity index (χ1v) is 6.88. The topological polar surface area (TPSA) is 44.4 Å². The Morgan fingerprint density at radius 2 is 1.94 bits per heavy atom. The summed E-state index contributed by atoms with van der Waals surface area (Å²) in [5.41, 5.74) is 3.14. The zero-order valence-electron chi connectivity index (χ0n) is 11.1. The number of piperidine rings is 2. The molecule has 2 saturated heterocycles. The quantitative estimate of drug-likeness (QED) is 0.763. The second kappa shape index (κ2) is 5.36. The first-order valence-electron chi connectivity index (χ1n) is 6.88. The molecule has 98 valence electrons. The molecule has 0 bridgehead atoms. The lowest BCUT2D eigenvalue weighted by Gasteiger charge is -2.39. The average molecular weight is 239 g/mol. The number of rotatable bonds is 2. The fourth-order valence-corrected chi connectivity index (χ4v) is 2.88. The molecule has 0 radical (unpaired) electrons. The minimum absolute atomic E-state index is 0.0434. The Kier molecular flexibility index (Phi) is 4.05. The highest BCUT2D eigenvalue weighted by atomic mass is 16.2. The lowest BCUT2D eigenvalue weighted by Crippen LogP contribution is -2.59. The van der Waals surface area contributed by atoms with Crippen molar-refractivity contribution >= 4 is 5.91 Å². The number of nitrogens with one attached hydrogen (secondary N) is 2. The Morgan fingerprint density at radius 3 is 2.59 bits per heavy atom. The highest BCUT2D eigenvalue weighted by Crippen LogP contribution is 2.30. The minimum Gasteiger partial charge on any atom is -0.305 e. The van der Waals surface area contributed by atoms with Gasteiger partial charge in [-0.15, -0.1) is 0 Å². The van der Waals surface area contributed by atoms with Crippen LogP contribution in [0.1, 0.15) is 46.0 Å². The summed E-state index contributed by atoms with van der Waals surface area (Å²) in [6.07, 6.45) is 5.97. The van der Waals surface area contributed by atoms with E-state index in [4.69, 9.17) is 0 Å². The van der Waals surface area contributed by atoms with Crippen LogP contribution in [0, 0.1) is 5.41 Å².